The summed E-state index contributed by atoms with van der Waals surface area (Å²) in [4.78, 5) is 4.76. The molecule has 1 aromatic heterocycles. The van der Waals surface area contributed by atoms with Crippen LogP contribution in [0.15, 0.2) is 30.5 Å². The number of imidazole rings is 1. The van der Waals surface area contributed by atoms with Gasteiger partial charge in [-0.2, -0.15) is 0 Å². The molecule has 1 aliphatic rings. The highest BCUT2D eigenvalue weighted by atomic mass is 16.5. The van der Waals surface area contributed by atoms with Gasteiger partial charge < -0.3 is 14.6 Å². The first kappa shape index (κ1) is 14.0. The molecule has 0 radical (unpaired) electrons. The first-order valence-corrected chi connectivity index (χ1v) is 7.47. The Hall–Kier alpha value is -1.97. The Morgan fingerprint density at radius 3 is 2.76 bits per heavy atom. The maximum Gasteiger partial charge on any atom is 0.203 e. The smallest absolute Gasteiger partial charge is 0.203 e. The number of rotatable bonds is 2. The van der Waals surface area contributed by atoms with Crippen molar-refractivity contribution >= 4 is 5.95 Å². The van der Waals surface area contributed by atoms with Crippen LogP contribution >= 0.6 is 0 Å². The predicted molar refractivity (Wildman–Crippen MR) is 85.2 cm³/mol. The van der Waals surface area contributed by atoms with Crippen LogP contribution in [0.3, 0.4) is 0 Å². The van der Waals surface area contributed by atoms with Gasteiger partial charge in [-0.1, -0.05) is 39.0 Å². The standard InChI is InChI=1S/C17H23N3O/c1-17(2,3)15-11-20-13(9-10-18-16(20)19-15)12-7-5-6-8-14(12)21-4/h5-8,11,13H,9-10H2,1-4H3,(H,18,19). The van der Waals surface area contributed by atoms with E-state index < -0.39 is 0 Å². The minimum absolute atomic E-state index is 0.0529. The summed E-state index contributed by atoms with van der Waals surface area (Å²) in [6.45, 7) is 7.52. The topological polar surface area (TPSA) is 39.1 Å². The summed E-state index contributed by atoms with van der Waals surface area (Å²) in [7, 11) is 1.73. The molecule has 0 bridgehead atoms. The van der Waals surface area contributed by atoms with E-state index in [1.54, 1.807) is 7.11 Å². The number of anilines is 1. The summed E-state index contributed by atoms with van der Waals surface area (Å²) in [6.07, 6.45) is 3.21. The molecular formula is C17H23N3O. The summed E-state index contributed by atoms with van der Waals surface area (Å²) >= 11 is 0. The lowest BCUT2D eigenvalue weighted by Gasteiger charge is -2.27. The Balaban J connectivity index is 2.06. The molecule has 2 heterocycles. The van der Waals surface area contributed by atoms with Gasteiger partial charge in [-0.05, 0) is 12.5 Å². The van der Waals surface area contributed by atoms with E-state index in [4.69, 9.17) is 9.72 Å². The third-order valence-electron chi connectivity index (χ3n) is 4.04. The van der Waals surface area contributed by atoms with Crippen molar-refractivity contribution in [2.45, 2.75) is 38.6 Å². The number of nitrogens with one attached hydrogen (secondary N) is 1. The molecule has 0 aliphatic carbocycles. The number of fused-ring (bicyclic) bond motifs is 1. The summed E-state index contributed by atoms with van der Waals surface area (Å²) in [5, 5.41) is 3.40. The third kappa shape index (κ3) is 2.50. The van der Waals surface area contributed by atoms with E-state index in [1.807, 2.05) is 12.1 Å². The van der Waals surface area contributed by atoms with E-state index in [9.17, 15) is 0 Å². The average Bonchev–Trinajstić information content (AvgIpc) is 2.91. The maximum atomic E-state index is 5.53. The molecular weight excluding hydrogens is 262 g/mol. The molecule has 1 aromatic carbocycles. The molecule has 0 spiro atoms. The van der Waals surface area contributed by atoms with E-state index in [1.165, 1.54) is 5.56 Å². The highest BCUT2D eigenvalue weighted by molar-refractivity contribution is 5.42. The third-order valence-corrected chi connectivity index (χ3v) is 4.04. The molecule has 1 atom stereocenters. The first-order chi connectivity index (χ1) is 10.0. The van der Waals surface area contributed by atoms with Crippen LogP contribution in [-0.4, -0.2) is 23.2 Å². The number of nitrogens with zero attached hydrogens (tertiary/aromatic N) is 2. The molecule has 1 N–H and O–H groups in total. The fourth-order valence-corrected chi connectivity index (χ4v) is 2.83. The van der Waals surface area contributed by atoms with Crippen molar-refractivity contribution in [3.05, 3.63) is 41.7 Å². The van der Waals surface area contributed by atoms with Crippen LogP contribution in [0.1, 0.15) is 44.5 Å². The van der Waals surface area contributed by atoms with Gasteiger partial charge in [0.05, 0.1) is 18.8 Å². The Bertz CT molecular complexity index is 640. The molecule has 1 aliphatic heterocycles. The fraction of sp³-hybridized carbons (Fsp3) is 0.471. The van der Waals surface area contributed by atoms with Crippen molar-refractivity contribution in [2.75, 3.05) is 19.0 Å². The molecule has 0 fully saturated rings. The van der Waals surface area contributed by atoms with Gasteiger partial charge in [0.1, 0.15) is 5.75 Å². The van der Waals surface area contributed by atoms with Gasteiger partial charge in [-0.15, -0.1) is 0 Å². The van der Waals surface area contributed by atoms with Crippen LogP contribution < -0.4 is 10.1 Å². The second-order valence-corrected chi connectivity index (χ2v) is 6.58. The lowest BCUT2D eigenvalue weighted by atomic mass is 9.93. The van der Waals surface area contributed by atoms with Gasteiger partial charge >= 0.3 is 0 Å². The van der Waals surface area contributed by atoms with E-state index in [2.05, 4.69) is 49.0 Å². The van der Waals surface area contributed by atoms with Gasteiger partial charge in [0.25, 0.3) is 0 Å². The van der Waals surface area contributed by atoms with Crippen molar-refractivity contribution in [1.82, 2.24) is 9.55 Å². The van der Waals surface area contributed by atoms with Gasteiger partial charge in [0, 0.05) is 23.7 Å². The minimum Gasteiger partial charge on any atom is -0.496 e. The molecule has 4 nitrogen and oxygen atoms in total. The van der Waals surface area contributed by atoms with Gasteiger partial charge in [-0.25, -0.2) is 4.98 Å². The molecule has 1 unspecified atom stereocenters. The molecule has 3 rings (SSSR count). The van der Waals surface area contributed by atoms with E-state index in [0.29, 0.717) is 0 Å². The lowest BCUT2D eigenvalue weighted by Crippen LogP contribution is -2.23. The quantitative estimate of drug-likeness (QED) is 0.916. The van der Waals surface area contributed by atoms with E-state index in [0.717, 1.165) is 30.4 Å². The fourth-order valence-electron chi connectivity index (χ4n) is 2.83. The highest BCUT2D eigenvalue weighted by Gasteiger charge is 2.27. The highest BCUT2D eigenvalue weighted by Crippen LogP contribution is 2.36. The SMILES string of the molecule is COc1ccccc1C1CCNc2nc(C(C)(C)C)cn21. The van der Waals surface area contributed by atoms with Crippen molar-refractivity contribution in [3.63, 3.8) is 0 Å². The Kier molecular flexibility index (Phi) is 3.40. The molecule has 112 valence electrons. The van der Waals surface area contributed by atoms with Crippen molar-refractivity contribution in [1.29, 1.82) is 0 Å². The summed E-state index contributed by atoms with van der Waals surface area (Å²) in [6, 6.07) is 8.54. The number of aromatic nitrogens is 2. The van der Waals surface area contributed by atoms with Crippen LogP contribution in [0.4, 0.5) is 5.95 Å². The van der Waals surface area contributed by atoms with Crippen molar-refractivity contribution in [3.8, 4) is 5.75 Å². The number of benzene rings is 1. The zero-order chi connectivity index (χ0) is 15.0. The van der Waals surface area contributed by atoms with Crippen LogP contribution in [0.2, 0.25) is 0 Å². The van der Waals surface area contributed by atoms with Gasteiger partial charge in [0.15, 0.2) is 0 Å². The molecule has 4 heteroatoms. The monoisotopic (exact) mass is 285 g/mol. The molecule has 21 heavy (non-hydrogen) atoms. The Morgan fingerprint density at radius 1 is 1.29 bits per heavy atom. The number of ether oxygens (including phenoxy) is 1. The maximum absolute atomic E-state index is 5.53. The van der Waals surface area contributed by atoms with Crippen LogP contribution in [-0.2, 0) is 5.41 Å². The van der Waals surface area contributed by atoms with Gasteiger partial charge in [0.2, 0.25) is 5.95 Å². The molecule has 0 amide bonds. The van der Waals surface area contributed by atoms with Crippen LogP contribution in [0, 0.1) is 0 Å². The summed E-state index contributed by atoms with van der Waals surface area (Å²) in [5.74, 6) is 1.91. The normalized spacial score (nSPS) is 18.0. The number of para-hydroxylation sites is 1. The van der Waals surface area contributed by atoms with Crippen molar-refractivity contribution in [2.24, 2.45) is 0 Å². The number of methoxy groups -OCH3 is 1. The molecule has 2 aromatic rings. The second kappa shape index (κ2) is 5.10. The van der Waals surface area contributed by atoms with E-state index in [-0.39, 0.29) is 11.5 Å². The van der Waals surface area contributed by atoms with Gasteiger partial charge in [-0.3, -0.25) is 0 Å². The number of hydrogen-bond acceptors (Lipinski definition) is 3. The lowest BCUT2D eigenvalue weighted by molar-refractivity contribution is 0.397. The Morgan fingerprint density at radius 2 is 2.05 bits per heavy atom. The van der Waals surface area contributed by atoms with Crippen LogP contribution in [0.25, 0.3) is 0 Å². The molecule has 0 saturated carbocycles. The first-order valence-electron chi connectivity index (χ1n) is 7.47. The number of hydrogen-bond donors (Lipinski definition) is 1. The largest absolute Gasteiger partial charge is 0.496 e. The predicted octanol–water partition coefficient (Wildman–Crippen LogP) is 3.59. The average molecular weight is 285 g/mol. The summed E-state index contributed by atoms with van der Waals surface area (Å²) < 4.78 is 7.79. The molecule has 0 saturated heterocycles. The zero-order valence-electron chi connectivity index (χ0n) is 13.2. The summed E-state index contributed by atoms with van der Waals surface area (Å²) in [5.41, 5.74) is 2.39. The van der Waals surface area contributed by atoms with Crippen LogP contribution in [0.5, 0.6) is 5.75 Å². The van der Waals surface area contributed by atoms with Crippen molar-refractivity contribution < 1.29 is 4.74 Å². The second-order valence-electron chi connectivity index (χ2n) is 6.58. The van der Waals surface area contributed by atoms with E-state index >= 15 is 0 Å². The minimum atomic E-state index is 0.0529. The Labute approximate surface area is 126 Å². The zero-order valence-corrected chi connectivity index (χ0v) is 13.2.